The first-order valence-electron chi connectivity index (χ1n) is 3.51. The van der Waals surface area contributed by atoms with E-state index in [4.69, 9.17) is 4.55 Å². The van der Waals surface area contributed by atoms with Crippen LogP contribution in [0.4, 0.5) is 0 Å². The standard InChI is InChI=1S/C7H11BrO2S/c1-5-6(4-11(9)10)2-3-7(5)8/h6-7H,1-4H2,(H,9,10). The summed E-state index contributed by atoms with van der Waals surface area (Å²) in [6, 6.07) is 0. The van der Waals surface area contributed by atoms with Crippen molar-refractivity contribution in [1.29, 1.82) is 0 Å². The van der Waals surface area contributed by atoms with Gasteiger partial charge in [0.1, 0.15) is 0 Å². The average molecular weight is 239 g/mol. The zero-order valence-electron chi connectivity index (χ0n) is 6.12. The summed E-state index contributed by atoms with van der Waals surface area (Å²) in [5.74, 6) is 0.589. The Hall–Kier alpha value is 0.330. The molecule has 0 aromatic rings. The van der Waals surface area contributed by atoms with Crippen molar-refractivity contribution in [3.63, 3.8) is 0 Å². The van der Waals surface area contributed by atoms with E-state index in [0.717, 1.165) is 18.4 Å². The molecule has 0 aromatic carbocycles. The minimum Gasteiger partial charge on any atom is -0.306 e. The normalized spacial score (nSPS) is 34.2. The van der Waals surface area contributed by atoms with Crippen LogP contribution in [-0.4, -0.2) is 19.3 Å². The molecule has 11 heavy (non-hydrogen) atoms. The molecule has 1 aliphatic carbocycles. The molecule has 1 N–H and O–H groups in total. The van der Waals surface area contributed by atoms with E-state index in [2.05, 4.69) is 22.5 Å². The van der Waals surface area contributed by atoms with Crippen LogP contribution in [0.1, 0.15) is 12.8 Å². The third kappa shape index (κ3) is 2.39. The molecule has 0 aliphatic heterocycles. The van der Waals surface area contributed by atoms with Gasteiger partial charge in [0, 0.05) is 4.83 Å². The summed E-state index contributed by atoms with van der Waals surface area (Å²) in [5.41, 5.74) is 1.08. The van der Waals surface area contributed by atoms with Crippen LogP contribution in [0.15, 0.2) is 12.2 Å². The van der Waals surface area contributed by atoms with E-state index in [1.165, 1.54) is 0 Å². The van der Waals surface area contributed by atoms with Crippen LogP contribution < -0.4 is 0 Å². The molecule has 1 saturated carbocycles. The number of hydrogen-bond acceptors (Lipinski definition) is 1. The second-order valence-corrected chi connectivity index (χ2v) is 4.89. The molecule has 3 atom stereocenters. The quantitative estimate of drug-likeness (QED) is 0.454. The van der Waals surface area contributed by atoms with Gasteiger partial charge in [-0.1, -0.05) is 28.1 Å². The number of halogens is 1. The van der Waals surface area contributed by atoms with Gasteiger partial charge >= 0.3 is 0 Å². The van der Waals surface area contributed by atoms with Crippen LogP contribution in [0.25, 0.3) is 0 Å². The molecule has 0 heterocycles. The van der Waals surface area contributed by atoms with Crippen molar-refractivity contribution in [3.8, 4) is 0 Å². The first-order chi connectivity index (χ1) is 5.11. The molecule has 1 aliphatic rings. The monoisotopic (exact) mass is 238 g/mol. The summed E-state index contributed by atoms with van der Waals surface area (Å²) >= 11 is 1.78. The van der Waals surface area contributed by atoms with Crippen molar-refractivity contribution >= 4 is 27.0 Å². The molecule has 3 unspecified atom stereocenters. The molecule has 1 rings (SSSR count). The first kappa shape index (κ1) is 9.42. The average Bonchev–Trinajstić information content (AvgIpc) is 2.18. The van der Waals surface area contributed by atoms with E-state index >= 15 is 0 Å². The second-order valence-electron chi connectivity index (χ2n) is 2.80. The lowest BCUT2D eigenvalue weighted by Crippen LogP contribution is -2.09. The Balaban J connectivity index is 2.49. The zero-order chi connectivity index (χ0) is 8.43. The summed E-state index contributed by atoms with van der Waals surface area (Å²) in [6.45, 7) is 3.88. The Morgan fingerprint density at radius 1 is 1.73 bits per heavy atom. The van der Waals surface area contributed by atoms with E-state index in [0.29, 0.717) is 10.6 Å². The van der Waals surface area contributed by atoms with Gasteiger partial charge in [-0.05, 0) is 18.8 Å². The van der Waals surface area contributed by atoms with Crippen molar-refractivity contribution < 1.29 is 8.76 Å². The van der Waals surface area contributed by atoms with Crippen LogP contribution in [0.5, 0.6) is 0 Å². The molecule has 64 valence electrons. The predicted octanol–water partition coefficient (Wildman–Crippen LogP) is 1.94. The fourth-order valence-corrected chi connectivity index (χ4v) is 2.70. The Kier molecular flexibility index (Phi) is 3.28. The Morgan fingerprint density at radius 3 is 2.73 bits per heavy atom. The molecule has 4 heteroatoms. The van der Waals surface area contributed by atoms with Crippen LogP contribution >= 0.6 is 15.9 Å². The lowest BCUT2D eigenvalue weighted by molar-refractivity contribution is 0.550. The Labute approximate surface area is 77.5 Å². The molecule has 2 nitrogen and oxygen atoms in total. The van der Waals surface area contributed by atoms with Crippen molar-refractivity contribution in [2.75, 3.05) is 5.75 Å². The summed E-state index contributed by atoms with van der Waals surface area (Å²) in [4.78, 5) is 0.357. The van der Waals surface area contributed by atoms with Gasteiger partial charge in [0.05, 0.1) is 5.75 Å². The summed E-state index contributed by atoms with van der Waals surface area (Å²) in [5, 5.41) is 0. The van der Waals surface area contributed by atoms with Crippen molar-refractivity contribution in [2.24, 2.45) is 5.92 Å². The maximum Gasteiger partial charge on any atom is 0.153 e. The highest BCUT2D eigenvalue weighted by atomic mass is 79.9. The number of hydrogen-bond donors (Lipinski definition) is 1. The van der Waals surface area contributed by atoms with Crippen molar-refractivity contribution in [1.82, 2.24) is 0 Å². The molecule has 0 spiro atoms. The lowest BCUT2D eigenvalue weighted by Gasteiger charge is -2.08. The number of alkyl halides is 1. The minimum atomic E-state index is -1.67. The Bertz CT molecular complexity index is 193. The zero-order valence-corrected chi connectivity index (χ0v) is 8.53. The largest absolute Gasteiger partial charge is 0.306 e. The van der Waals surface area contributed by atoms with Gasteiger partial charge < -0.3 is 4.55 Å². The first-order valence-corrected chi connectivity index (χ1v) is 5.70. The van der Waals surface area contributed by atoms with Crippen LogP contribution in [0.2, 0.25) is 0 Å². The molecular weight excluding hydrogens is 228 g/mol. The molecule has 0 bridgehead atoms. The molecular formula is C7H11BrO2S. The minimum absolute atomic E-state index is 0.241. The van der Waals surface area contributed by atoms with Gasteiger partial charge in [-0.2, -0.15) is 0 Å². The number of rotatable bonds is 2. The third-order valence-corrected chi connectivity index (χ3v) is 3.77. The van der Waals surface area contributed by atoms with Gasteiger partial charge in [-0.15, -0.1) is 0 Å². The second kappa shape index (κ2) is 3.83. The summed E-state index contributed by atoms with van der Waals surface area (Å²) < 4.78 is 19.1. The third-order valence-electron chi connectivity index (χ3n) is 2.04. The highest BCUT2D eigenvalue weighted by Gasteiger charge is 2.27. The molecule has 0 saturated heterocycles. The fraction of sp³-hybridized carbons (Fsp3) is 0.714. The SMILES string of the molecule is C=C1C(Br)CCC1CS(=O)O. The van der Waals surface area contributed by atoms with Crippen LogP contribution in [0, 0.1) is 5.92 Å². The van der Waals surface area contributed by atoms with E-state index < -0.39 is 11.1 Å². The summed E-state index contributed by atoms with van der Waals surface area (Å²) in [6.07, 6.45) is 2.03. The van der Waals surface area contributed by atoms with Gasteiger partial charge in [-0.25, -0.2) is 4.21 Å². The predicted molar refractivity (Wildman–Crippen MR) is 50.2 cm³/mol. The van der Waals surface area contributed by atoms with Gasteiger partial charge in [-0.3, -0.25) is 0 Å². The highest BCUT2D eigenvalue weighted by molar-refractivity contribution is 9.09. The van der Waals surface area contributed by atoms with E-state index in [-0.39, 0.29) is 5.92 Å². The Morgan fingerprint density at radius 2 is 2.36 bits per heavy atom. The van der Waals surface area contributed by atoms with E-state index in [1.54, 1.807) is 0 Å². The fourth-order valence-electron chi connectivity index (χ4n) is 1.34. The molecule has 1 fully saturated rings. The smallest absolute Gasteiger partial charge is 0.153 e. The van der Waals surface area contributed by atoms with E-state index in [9.17, 15) is 4.21 Å². The lowest BCUT2D eigenvalue weighted by atomic mass is 10.1. The topological polar surface area (TPSA) is 37.3 Å². The maximum atomic E-state index is 10.5. The maximum absolute atomic E-state index is 10.5. The molecule has 0 amide bonds. The van der Waals surface area contributed by atoms with Crippen LogP contribution in [0.3, 0.4) is 0 Å². The molecule has 0 radical (unpaired) electrons. The van der Waals surface area contributed by atoms with Crippen molar-refractivity contribution in [2.45, 2.75) is 17.7 Å². The molecule has 0 aromatic heterocycles. The van der Waals surface area contributed by atoms with Gasteiger partial charge in [0.25, 0.3) is 0 Å². The highest BCUT2D eigenvalue weighted by Crippen LogP contribution is 2.35. The van der Waals surface area contributed by atoms with Crippen molar-refractivity contribution in [3.05, 3.63) is 12.2 Å². The van der Waals surface area contributed by atoms with Gasteiger partial charge in [0.2, 0.25) is 0 Å². The van der Waals surface area contributed by atoms with Gasteiger partial charge in [0.15, 0.2) is 11.1 Å². The van der Waals surface area contributed by atoms with Crippen LogP contribution in [-0.2, 0) is 11.1 Å². The number of allylic oxidation sites excluding steroid dienone is 1. The summed E-state index contributed by atoms with van der Waals surface area (Å²) in [7, 11) is 0. The van der Waals surface area contributed by atoms with E-state index in [1.807, 2.05) is 0 Å².